The normalized spacial score (nSPS) is 14.2. The molecule has 0 aliphatic heterocycles. The predicted molar refractivity (Wildman–Crippen MR) is 232 cm³/mol. The molecule has 0 aromatic heterocycles. The van der Waals surface area contributed by atoms with Gasteiger partial charge in [0.1, 0.15) is 11.7 Å². The van der Waals surface area contributed by atoms with Crippen molar-refractivity contribution in [2.45, 2.75) is 149 Å². The van der Waals surface area contributed by atoms with E-state index in [4.69, 9.17) is 14.2 Å². The zero-order valence-electron chi connectivity index (χ0n) is 35.2. The summed E-state index contributed by atoms with van der Waals surface area (Å²) < 4.78 is 20.2. The molecule has 300 valence electrons. The van der Waals surface area contributed by atoms with Crippen LogP contribution in [0.25, 0.3) is 0 Å². The van der Waals surface area contributed by atoms with Crippen LogP contribution in [0.1, 0.15) is 154 Å². The van der Waals surface area contributed by atoms with Crippen molar-refractivity contribution >= 4 is 0 Å². The minimum Gasteiger partial charge on any atom is -0.379 e. The van der Waals surface area contributed by atoms with Gasteiger partial charge < -0.3 is 14.2 Å². The average molecular weight is 739 g/mol. The molecule has 3 aromatic rings. The minimum atomic E-state index is -0.771. The third kappa shape index (κ3) is 17.8. The first kappa shape index (κ1) is 45.7. The molecule has 3 heteroatoms. The molecule has 0 heterocycles. The Bertz CT molecular complexity index is 1210. The molecule has 0 aliphatic rings. The number of unbranched alkanes of at least 4 members (excludes halogenated alkanes) is 5. The lowest BCUT2D eigenvalue weighted by Crippen LogP contribution is -2.37. The van der Waals surface area contributed by atoms with Crippen molar-refractivity contribution in [3.63, 3.8) is 0 Å². The molecule has 3 aromatic carbocycles. The molecule has 0 saturated carbocycles. The number of hydrogen-bond acceptors (Lipinski definition) is 3. The fraction of sp³-hybridized carbons (Fsp3) is 0.608. The highest BCUT2D eigenvalue weighted by atomic mass is 16.6. The summed E-state index contributed by atoms with van der Waals surface area (Å²) in [7, 11) is 0. The van der Waals surface area contributed by atoms with Gasteiger partial charge in [-0.05, 0) is 66.0 Å². The second-order valence-electron chi connectivity index (χ2n) is 16.8. The maximum absolute atomic E-state index is 7.19. The molecule has 0 N–H and O–H groups in total. The average Bonchev–Trinajstić information content (AvgIpc) is 3.18. The molecule has 0 amide bonds. The first-order chi connectivity index (χ1) is 26.3. The van der Waals surface area contributed by atoms with Crippen molar-refractivity contribution in [3.8, 4) is 0 Å². The lowest BCUT2D eigenvalue weighted by Gasteiger charge is -2.37. The molecule has 0 bridgehead atoms. The van der Waals surface area contributed by atoms with Crippen LogP contribution in [0.3, 0.4) is 0 Å². The SMILES string of the molecule is C=CCCCCCCCOCC(COC(c1ccccc1)(c1ccccc1)c1ccccc1)OCCC(C)CCC[C@H](C)CCC[C@H](C)CCCC(C)C. The second-order valence-corrected chi connectivity index (χ2v) is 16.8. The van der Waals surface area contributed by atoms with E-state index in [9.17, 15) is 0 Å². The Morgan fingerprint density at radius 2 is 0.944 bits per heavy atom. The van der Waals surface area contributed by atoms with Crippen LogP contribution in [-0.2, 0) is 19.8 Å². The maximum Gasteiger partial charge on any atom is 0.143 e. The number of ether oxygens (including phenoxy) is 3. The van der Waals surface area contributed by atoms with Gasteiger partial charge in [-0.2, -0.15) is 0 Å². The predicted octanol–water partition coefficient (Wildman–Crippen LogP) is 14.4. The van der Waals surface area contributed by atoms with Gasteiger partial charge in [0.25, 0.3) is 0 Å². The Kier molecular flexibility index (Phi) is 23.5. The summed E-state index contributed by atoms with van der Waals surface area (Å²) in [6.45, 7) is 18.3. The van der Waals surface area contributed by atoms with E-state index in [-0.39, 0.29) is 6.10 Å². The summed E-state index contributed by atoms with van der Waals surface area (Å²) in [6.07, 6.45) is 22.3. The molecule has 0 saturated heterocycles. The van der Waals surface area contributed by atoms with Crippen LogP contribution >= 0.6 is 0 Å². The third-order valence-electron chi connectivity index (χ3n) is 11.3. The van der Waals surface area contributed by atoms with E-state index in [0.717, 1.165) is 66.9 Å². The third-order valence-corrected chi connectivity index (χ3v) is 11.3. The minimum absolute atomic E-state index is 0.159. The summed E-state index contributed by atoms with van der Waals surface area (Å²) in [4.78, 5) is 0. The Morgan fingerprint density at radius 1 is 0.500 bits per heavy atom. The molecule has 3 nitrogen and oxygen atoms in total. The van der Waals surface area contributed by atoms with E-state index >= 15 is 0 Å². The van der Waals surface area contributed by atoms with Gasteiger partial charge in [-0.15, -0.1) is 6.58 Å². The van der Waals surface area contributed by atoms with E-state index in [0.29, 0.717) is 19.1 Å². The van der Waals surface area contributed by atoms with Crippen LogP contribution < -0.4 is 0 Å². The summed E-state index contributed by atoms with van der Waals surface area (Å²) in [5.41, 5.74) is 2.56. The largest absolute Gasteiger partial charge is 0.379 e. The highest BCUT2D eigenvalue weighted by Crippen LogP contribution is 2.40. The summed E-state index contributed by atoms with van der Waals surface area (Å²) in [5, 5.41) is 0. The Morgan fingerprint density at radius 3 is 1.43 bits per heavy atom. The monoisotopic (exact) mass is 739 g/mol. The van der Waals surface area contributed by atoms with Crippen LogP contribution in [-0.4, -0.2) is 32.5 Å². The lowest BCUT2D eigenvalue weighted by atomic mass is 9.80. The Balaban J connectivity index is 1.56. The zero-order valence-corrected chi connectivity index (χ0v) is 35.2. The van der Waals surface area contributed by atoms with Gasteiger partial charge in [0.2, 0.25) is 0 Å². The van der Waals surface area contributed by atoms with Crippen molar-refractivity contribution in [2.75, 3.05) is 26.4 Å². The van der Waals surface area contributed by atoms with Crippen LogP contribution in [0.4, 0.5) is 0 Å². The molecule has 0 spiro atoms. The number of allylic oxidation sites excluding steroid dienone is 1. The highest BCUT2D eigenvalue weighted by Gasteiger charge is 2.38. The van der Waals surface area contributed by atoms with Gasteiger partial charge in [0, 0.05) is 13.2 Å². The molecular weight excluding hydrogens is 661 g/mol. The van der Waals surface area contributed by atoms with Crippen molar-refractivity contribution in [1.82, 2.24) is 0 Å². The molecule has 54 heavy (non-hydrogen) atoms. The fourth-order valence-electron chi connectivity index (χ4n) is 7.74. The Hall–Kier alpha value is -2.72. The van der Waals surface area contributed by atoms with Gasteiger partial charge in [-0.25, -0.2) is 0 Å². The van der Waals surface area contributed by atoms with Crippen molar-refractivity contribution in [3.05, 3.63) is 120 Å². The van der Waals surface area contributed by atoms with Gasteiger partial charge >= 0.3 is 0 Å². The van der Waals surface area contributed by atoms with Crippen molar-refractivity contribution in [1.29, 1.82) is 0 Å². The smallest absolute Gasteiger partial charge is 0.143 e. The van der Waals surface area contributed by atoms with Crippen LogP contribution in [0.2, 0.25) is 0 Å². The molecule has 3 rings (SSSR count). The number of benzene rings is 3. The molecule has 0 fully saturated rings. The van der Waals surface area contributed by atoms with Crippen LogP contribution in [0, 0.1) is 23.7 Å². The van der Waals surface area contributed by atoms with E-state index in [2.05, 4.69) is 132 Å². The van der Waals surface area contributed by atoms with Crippen molar-refractivity contribution < 1.29 is 14.2 Å². The van der Waals surface area contributed by atoms with Crippen molar-refractivity contribution in [2.24, 2.45) is 23.7 Å². The van der Waals surface area contributed by atoms with Gasteiger partial charge in [-0.1, -0.05) is 209 Å². The van der Waals surface area contributed by atoms with E-state index in [1.54, 1.807) is 0 Å². The second kappa shape index (κ2) is 27.8. The zero-order chi connectivity index (χ0) is 38.7. The summed E-state index contributed by atoms with van der Waals surface area (Å²) >= 11 is 0. The van der Waals surface area contributed by atoms with Gasteiger partial charge in [0.15, 0.2) is 0 Å². The van der Waals surface area contributed by atoms with E-state index in [1.165, 1.54) is 83.5 Å². The van der Waals surface area contributed by atoms with E-state index < -0.39 is 5.60 Å². The highest BCUT2D eigenvalue weighted by molar-refractivity contribution is 5.47. The summed E-state index contributed by atoms with van der Waals surface area (Å²) in [5.74, 6) is 3.17. The molecule has 2 unspecified atom stereocenters. The first-order valence-corrected chi connectivity index (χ1v) is 22.0. The molecular formula is C51H78O3. The number of hydrogen-bond donors (Lipinski definition) is 0. The van der Waals surface area contributed by atoms with E-state index in [1.807, 2.05) is 6.08 Å². The summed E-state index contributed by atoms with van der Waals surface area (Å²) in [6, 6.07) is 31.9. The topological polar surface area (TPSA) is 27.7 Å². The number of rotatable bonds is 32. The quantitative estimate of drug-likeness (QED) is 0.0363. The first-order valence-electron chi connectivity index (χ1n) is 22.0. The maximum atomic E-state index is 7.19. The van der Waals surface area contributed by atoms with Gasteiger partial charge in [0.05, 0.1) is 13.2 Å². The molecule has 0 aliphatic carbocycles. The Labute approximate surface area is 332 Å². The molecule has 4 atom stereocenters. The molecule has 0 radical (unpaired) electrons. The van der Waals surface area contributed by atoms with Crippen LogP contribution in [0.15, 0.2) is 104 Å². The fourth-order valence-corrected chi connectivity index (χ4v) is 7.74. The van der Waals surface area contributed by atoms with Crippen LogP contribution in [0.5, 0.6) is 0 Å². The van der Waals surface area contributed by atoms with Gasteiger partial charge in [-0.3, -0.25) is 0 Å². The lowest BCUT2D eigenvalue weighted by molar-refractivity contribution is -0.0935. The standard InChI is InChI=1S/C51H78O3/c1-7-8-9-10-11-12-22-39-52-41-50(53-40-38-46(6)31-25-30-45(5)29-24-28-44(4)27-23-26-43(2)3)42-54-51(47-32-16-13-17-33-47,48-34-18-14-19-35-48)49-36-20-15-21-37-49/h7,13-21,32-37,43-46,50H,1,8-12,22-31,38-42H2,2-6H3/t44-,45-,46?,50?/m1/s1.